The van der Waals surface area contributed by atoms with Gasteiger partial charge in [0.2, 0.25) is 10.0 Å². The number of sulfonamides is 1. The second-order valence-electron chi connectivity index (χ2n) is 6.73. The highest BCUT2D eigenvalue weighted by Crippen LogP contribution is 2.24. The van der Waals surface area contributed by atoms with E-state index in [9.17, 15) is 13.2 Å². The smallest absolute Gasteiger partial charge is 0.251 e. The molecular formula is C19H31N3O3S. The Labute approximate surface area is 157 Å². The van der Waals surface area contributed by atoms with Crippen molar-refractivity contribution in [2.75, 3.05) is 39.3 Å². The Balaban J connectivity index is 2.12. The van der Waals surface area contributed by atoms with Gasteiger partial charge < -0.3 is 10.2 Å². The molecule has 146 valence electrons. The number of nitrogens with one attached hydrogen (secondary N) is 1. The van der Waals surface area contributed by atoms with E-state index in [4.69, 9.17) is 0 Å². The normalized spacial score (nSPS) is 16.0. The van der Waals surface area contributed by atoms with Crippen molar-refractivity contribution in [1.82, 2.24) is 14.5 Å². The number of carbonyl (C=O) groups excluding carboxylic acids is 1. The van der Waals surface area contributed by atoms with E-state index < -0.39 is 10.0 Å². The van der Waals surface area contributed by atoms with Crippen LogP contribution in [0.15, 0.2) is 23.1 Å². The number of benzene rings is 1. The van der Waals surface area contributed by atoms with Gasteiger partial charge in [-0.25, -0.2) is 8.42 Å². The summed E-state index contributed by atoms with van der Waals surface area (Å²) < 4.78 is 27.4. The summed E-state index contributed by atoms with van der Waals surface area (Å²) in [5, 5.41) is 2.89. The monoisotopic (exact) mass is 381 g/mol. The van der Waals surface area contributed by atoms with E-state index in [2.05, 4.69) is 24.1 Å². The number of rotatable bonds is 8. The minimum absolute atomic E-state index is 0.229. The Morgan fingerprint density at radius 2 is 1.81 bits per heavy atom. The van der Waals surface area contributed by atoms with Crippen LogP contribution in [0.5, 0.6) is 0 Å². The maximum atomic E-state index is 13.0. The van der Waals surface area contributed by atoms with Crippen molar-refractivity contribution in [1.29, 1.82) is 0 Å². The van der Waals surface area contributed by atoms with Crippen molar-refractivity contribution in [3.05, 3.63) is 29.3 Å². The minimum atomic E-state index is -3.55. The van der Waals surface area contributed by atoms with Crippen molar-refractivity contribution in [2.24, 2.45) is 0 Å². The van der Waals surface area contributed by atoms with Gasteiger partial charge in [-0.15, -0.1) is 0 Å². The van der Waals surface area contributed by atoms with Crippen LogP contribution in [0.2, 0.25) is 0 Å². The predicted octanol–water partition coefficient (Wildman–Crippen LogP) is 2.24. The van der Waals surface area contributed by atoms with Crippen molar-refractivity contribution >= 4 is 15.9 Å². The highest BCUT2D eigenvalue weighted by atomic mass is 32.2. The topological polar surface area (TPSA) is 69.7 Å². The summed E-state index contributed by atoms with van der Waals surface area (Å²) >= 11 is 0. The van der Waals surface area contributed by atoms with Crippen LogP contribution in [-0.4, -0.2) is 62.8 Å². The molecule has 1 aromatic carbocycles. The highest BCUT2D eigenvalue weighted by Gasteiger charge is 2.28. The van der Waals surface area contributed by atoms with Crippen LogP contribution in [0.1, 0.15) is 49.0 Å². The molecule has 0 aromatic heterocycles. The lowest BCUT2D eigenvalue weighted by atomic mass is 10.1. The van der Waals surface area contributed by atoms with E-state index in [1.807, 2.05) is 0 Å². The third-order valence-corrected chi connectivity index (χ3v) is 7.03. The van der Waals surface area contributed by atoms with E-state index in [0.29, 0.717) is 30.8 Å². The van der Waals surface area contributed by atoms with Gasteiger partial charge in [-0.1, -0.05) is 26.3 Å². The number of aryl methyl sites for hydroxylation is 1. The quantitative estimate of drug-likeness (QED) is 0.750. The summed E-state index contributed by atoms with van der Waals surface area (Å²) in [6.07, 6.45) is 2.85. The van der Waals surface area contributed by atoms with Gasteiger partial charge >= 0.3 is 0 Å². The number of amides is 1. The lowest BCUT2D eigenvalue weighted by Gasteiger charge is -2.26. The SMILES string of the molecule is CCN(CC)CCNC(=O)c1ccc(C)c(S(=O)(=O)N2CCCCC2)c1. The Morgan fingerprint density at radius 3 is 2.42 bits per heavy atom. The predicted molar refractivity (Wildman–Crippen MR) is 104 cm³/mol. The molecule has 1 aromatic rings. The molecule has 0 unspecified atom stereocenters. The lowest BCUT2D eigenvalue weighted by Crippen LogP contribution is -2.36. The maximum Gasteiger partial charge on any atom is 0.251 e. The van der Waals surface area contributed by atoms with Gasteiger partial charge in [0.05, 0.1) is 4.90 Å². The van der Waals surface area contributed by atoms with Crippen LogP contribution in [0.3, 0.4) is 0 Å². The van der Waals surface area contributed by atoms with Crippen molar-refractivity contribution < 1.29 is 13.2 Å². The van der Waals surface area contributed by atoms with Gasteiger partial charge in [0, 0.05) is 31.7 Å². The fourth-order valence-corrected chi connectivity index (χ4v) is 5.00. The van der Waals surface area contributed by atoms with Crippen LogP contribution in [-0.2, 0) is 10.0 Å². The van der Waals surface area contributed by atoms with Gasteiger partial charge in [-0.2, -0.15) is 4.31 Å². The first-order chi connectivity index (χ1) is 12.4. The average Bonchev–Trinajstić information content (AvgIpc) is 2.66. The number of carbonyl (C=O) groups is 1. The van der Waals surface area contributed by atoms with Crippen LogP contribution >= 0.6 is 0 Å². The Morgan fingerprint density at radius 1 is 1.15 bits per heavy atom. The van der Waals surface area contributed by atoms with Crippen molar-refractivity contribution in [3.8, 4) is 0 Å². The van der Waals surface area contributed by atoms with E-state index in [0.717, 1.165) is 38.9 Å². The molecule has 7 heteroatoms. The average molecular weight is 382 g/mol. The molecule has 1 aliphatic heterocycles. The summed E-state index contributed by atoms with van der Waals surface area (Å²) in [7, 11) is -3.55. The van der Waals surface area contributed by atoms with E-state index in [1.54, 1.807) is 23.4 Å². The summed E-state index contributed by atoms with van der Waals surface area (Å²) in [6.45, 7) is 10.3. The molecule has 0 aliphatic carbocycles. The molecule has 0 saturated carbocycles. The van der Waals surface area contributed by atoms with Crippen molar-refractivity contribution in [2.45, 2.75) is 44.9 Å². The van der Waals surface area contributed by atoms with E-state index >= 15 is 0 Å². The number of likely N-dealkylation sites (N-methyl/N-ethyl adjacent to an activating group) is 1. The fourth-order valence-electron chi connectivity index (χ4n) is 3.23. The molecule has 1 aliphatic rings. The zero-order valence-corrected chi connectivity index (χ0v) is 16.9. The number of hydrogen-bond acceptors (Lipinski definition) is 4. The van der Waals surface area contributed by atoms with Crippen LogP contribution in [0, 0.1) is 6.92 Å². The molecule has 1 fully saturated rings. The molecule has 0 bridgehead atoms. The third kappa shape index (κ3) is 5.05. The molecular weight excluding hydrogens is 350 g/mol. The summed E-state index contributed by atoms with van der Waals surface area (Å²) in [6, 6.07) is 4.93. The first-order valence-corrected chi connectivity index (χ1v) is 11.0. The molecule has 0 radical (unpaired) electrons. The van der Waals surface area contributed by atoms with Gasteiger partial charge in [-0.05, 0) is 50.6 Å². The second kappa shape index (κ2) is 9.48. The zero-order chi connectivity index (χ0) is 19.2. The van der Waals surface area contributed by atoms with Gasteiger partial charge in [0.1, 0.15) is 0 Å². The van der Waals surface area contributed by atoms with Crippen molar-refractivity contribution in [3.63, 3.8) is 0 Å². The molecule has 1 saturated heterocycles. The summed E-state index contributed by atoms with van der Waals surface area (Å²) in [5.41, 5.74) is 1.07. The number of nitrogens with zero attached hydrogens (tertiary/aromatic N) is 2. The molecule has 1 N–H and O–H groups in total. The number of piperidine rings is 1. The lowest BCUT2D eigenvalue weighted by molar-refractivity contribution is 0.0948. The standard InChI is InChI=1S/C19H31N3O3S/c1-4-21(5-2)14-11-20-19(23)17-10-9-16(3)18(15-17)26(24,25)22-12-7-6-8-13-22/h9-10,15H,4-8,11-14H2,1-3H3,(H,20,23). The molecule has 0 atom stereocenters. The Bertz CT molecular complexity index is 709. The molecule has 1 amide bonds. The minimum Gasteiger partial charge on any atom is -0.351 e. The first-order valence-electron chi connectivity index (χ1n) is 9.51. The van der Waals surface area contributed by atoms with Crippen LogP contribution < -0.4 is 5.32 Å². The van der Waals surface area contributed by atoms with Crippen LogP contribution in [0.4, 0.5) is 0 Å². The summed E-state index contributed by atoms with van der Waals surface area (Å²) in [4.78, 5) is 14.9. The molecule has 6 nitrogen and oxygen atoms in total. The largest absolute Gasteiger partial charge is 0.351 e. The maximum absolute atomic E-state index is 13.0. The molecule has 0 spiro atoms. The first kappa shape index (κ1) is 20.9. The van der Waals surface area contributed by atoms with Crippen LogP contribution in [0.25, 0.3) is 0 Å². The fraction of sp³-hybridized carbons (Fsp3) is 0.632. The summed E-state index contributed by atoms with van der Waals surface area (Å²) in [5.74, 6) is -0.229. The molecule has 2 rings (SSSR count). The third-order valence-electron chi connectivity index (χ3n) is 4.99. The van der Waals surface area contributed by atoms with Gasteiger partial charge in [0.15, 0.2) is 0 Å². The Kier molecular flexibility index (Phi) is 7.61. The van der Waals surface area contributed by atoms with E-state index in [-0.39, 0.29) is 10.8 Å². The second-order valence-corrected chi connectivity index (χ2v) is 8.63. The highest BCUT2D eigenvalue weighted by molar-refractivity contribution is 7.89. The van der Waals surface area contributed by atoms with Gasteiger partial charge in [-0.3, -0.25) is 4.79 Å². The van der Waals surface area contributed by atoms with E-state index in [1.165, 1.54) is 6.07 Å². The number of hydrogen-bond donors (Lipinski definition) is 1. The molecule has 1 heterocycles. The molecule has 26 heavy (non-hydrogen) atoms. The Hall–Kier alpha value is -1.44. The zero-order valence-electron chi connectivity index (χ0n) is 16.1. The van der Waals surface area contributed by atoms with Gasteiger partial charge in [0.25, 0.3) is 5.91 Å².